The lowest BCUT2D eigenvalue weighted by atomic mass is 10.2. The molecule has 0 unspecified atom stereocenters. The average molecular weight is 295 g/mol. The van der Waals surface area contributed by atoms with Gasteiger partial charge in [-0.15, -0.1) is 11.3 Å². The quantitative estimate of drug-likeness (QED) is 0.727. The Morgan fingerprint density at radius 1 is 1.05 bits per heavy atom. The van der Waals surface area contributed by atoms with Gasteiger partial charge in [0.05, 0.1) is 17.6 Å². The molecule has 1 aliphatic rings. The van der Waals surface area contributed by atoms with Crippen LogP contribution in [0.15, 0.2) is 54.7 Å². The van der Waals surface area contributed by atoms with Crippen LogP contribution in [0.3, 0.4) is 0 Å². The van der Waals surface area contributed by atoms with Gasteiger partial charge in [-0.25, -0.2) is 4.68 Å². The van der Waals surface area contributed by atoms with E-state index in [1.165, 1.54) is 11.3 Å². The summed E-state index contributed by atoms with van der Waals surface area (Å²) in [6.45, 7) is 1.46. The van der Waals surface area contributed by atoms with E-state index in [0.29, 0.717) is 6.54 Å². The van der Waals surface area contributed by atoms with Gasteiger partial charge in [0.25, 0.3) is 5.91 Å². The Labute approximate surface area is 126 Å². The van der Waals surface area contributed by atoms with E-state index in [4.69, 9.17) is 0 Å². The van der Waals surface area contributed by atoms with Crippen molar-refractivity contribution in [1.82, 2.24) is 9.78 Å². The fourth-order valence-electron chi connectivity index (χ4n) is 2.59. The van der Waals surface area contributed by atoms with Gasteiger partial charge in [-0.05, 0) is 17.7 Å². The predicted molar refractivity (Wildman–Crippen MR) is 83.7 cm³/mol. The molecular weight excluding hydrogens is 282 g/mol. The third-order valence-corrected chi connectivity index (χ3v) is 4.75. The topological polar surface area (TPSA) is 38.1 Å². The van der Waals surface area contributed by atoms with Crippen LogP contribution in [0.4, 0.5) is 5.82 Å². The van der Waals surface area contributed by atoms with Crippen LogP contribution in [0, 0.1) is 0 Å². The first kappa shape index (κ1) is 12.3. The minimum Gasteiger partial charge on any atom is -0.290 e. The largest absolute Gasteiger partial charge is 0.290 e. The highest BCUT2D eigenvalue weighted by atomic mass is 32.1. The normalized spacial score (nSPS) is 13.4. The van der Waals surface area contributed by atoms with Gasteiger partial charge in [-0.2, -0.15) is 5.10 Å². The molecule has 0 spiro atoms. The van der Waals surface area contributed by atoms with Crippen molar-refractivity contribution in [3.05, 3.63) is 59.6 Å². The molecule has 5 heteroatoms. The number of amides is 1. The van der Waals surface area contributed by atoms with E-state index in [0.717, 1.165) is 27.7 Å². The minimum absolute atomic E-state index is 0.0569. The molecule has 104 valence electrons. The fourth-order valence-corrected chi connectivity index (χ4v) is 3.55. The zero-order valence-electron chi connectivity index (χ0n) is 11.3. The number of thiophene rings is 1. The smallest absolute Gasteiger partial charge is 0.269 e. The van der Waals surface area contributed by atoms with Crippen molar-refractivity contribution < 1.29 is 4.79 Å². The monoisotopic (exact) mass is 295 g/mol. The Bertz CT molecular complexity index is 791. The van der Waals surface area contributed by atoms with Crippen LogP contribution in [0.25, 0.3) is 10.4 Å². The molecule has 0 saturated carbocycles. The fraction of sp³-hybridized carbons (Fsp3) is 0.125. The number of benzene rings is 1. The molecule has 1 aromatic carbocycles. The molecule has 1 aliphatic heterocycles. The summed E-state index contributed by atoms with van der Waals surface area (Å²) in [4.78, 5) is 16.3. The third kappa shape index (κ3) is 2.06. The van der Waals surface area contributed by atoms with Crippen LogP contribution in [0.5, 0.6) is 0 Å². The lowest BCUT2D eigenvalue weighted by Crippen LogP contribution is -2.27. The second-order valence-corrected chi connectivity index (χ2v) is 5.98. The van der Waals surface area contributed by atoms with Crippen LogP contribution in [0.1, 0.15) is 9.67 Å². The average Bonchev–Trinajstić information content (AvgIpc) is 3.23. The summed E-state index contributed by atoms with van der Waals surface area (Å²) in [5.74, 6) is 0.941. The molecule has 0 atom stereocenters. The number of carbonyl (C=O) groups excluding carboxylic acids is 1. The van der Waals surface area contributed by atoms with Crippen molar-refractivity contribution in [2.24, 2.45) is 0 Å². The number of hydrogen-bond acceptors (Lipinski definition) is 3. The van der Waals surface area contributed by atoms with E-state index in [-0.39, 0.29) is 5.91 Å². The Hall–Kier alpha value is -2.40. The molecule has 2 aromatic heterocycles. The number of aromatic nitrogens is 2. The zero-order chi connectivity index (χ0) is 14.2. The molecular formula is C16H13N3OS. The van der Waals surface area contributed by atoms with Crippen molar-refractivity contribution >= 4 is 23.1 Å². The number of anilines is 1. The summed E-state index contributed by atoms with van der Waals surface area (Å²) < 4.78 is 1.86. The number of rotatable bonds is 2. The molecule has 1 amide bonds. The van der Waals surface area contributed by atoms with E-state index in [1.54, 1.807) is 11.1 Å². The van der Waals surface area contributed by atoms with Crippen LogP contribution in [0.2, 0.25) is 0 Å². The summed E-state index contributed by atoms with van der Waals surface area (Å²) in [6.07, 6.45) is 1.73. The van der Waals surface area contributed by atoms with E-state index >= 15 is 0 Å². The van der Waals surface area contributed by atoms with E-state index < -0.39 is 0 Å². The number of nitrogens with zero attached hydrogens (tertiary/aromatic N) is 3. The lowest BCUT2D eigenvalue weighted by Gasteiger charge is -2.13. The van der Waals surface area contributed by atoms with Crippen molar-refractivity contribution in [2.45, 2.75) is 6.54 Å². The summed E-state index contributed by atoms with van der Waals surface area (Å²) in [5, 5.41) is 4.20. The first-order valence-corrected chi connectivity index (χ1v) is 7.63. The Balaban J connectivity index is 1.63. The zero-order valence-corrected chi connectivity index (χ0v) is 12.1. The summed E-state index contributed by atoms with van der Waals surface area (Å²) >= 11 is 1.54. The van der Waals surface area contributed by atoms with Crippen LogP contribution < -0.4 is 4.90 Å². The molecule has 0 radical (unpaired) electrons. The second kappa shape index (κ2) is 4.86. The molecule has 21 heavy (non-hydrogen) atoms. The summed E-state index contributed by atoms with van der Waals surface area (Å²) in [6, 6.07) is 15.9. The molecule has 0 bridgehead atoms. The highest BCUT2D eigenvalue weighted by Gasteiger charge is 2.27. The maximum Gasteiger partial charge on any atom is 0.269 e. The number of carbonyl (C=O) groups is 1. The minimum atomic E-state index is 0.0569. The Morgan fingerprint density at radius 3 is 2.76 bits per heavy atom. The highest BCUT2D eigenvalue weighted by Crippen LogP contribution is 2.30. The predicted octanol–water partition coefficient (Wildman–Crippen LogP) is 3.27. The maximum absolute atomic E-state index is 12.6. The third-order valence-electron chi connectivity index (χ3n) is 3.63. The van der Waals surface area contributed by atoms with Crippen LogP contribution in [-0.4, -0.2) is 22.2 Å². The molecule has 3 heterocycles. The molecule has 4 nitrogen and oxygen atoms in total. The SMILES string of the molecule is O=C(c1ccc(-c2ccccc2)s1)N1CCn2nccc21. The molecule has 0 fully saturated rings. The highest BCUT2D eigenvalue weighted by molar-refractivity contribution is 7.17. The maximum atomic E-state index is 12.6. The van der Waals surface area contributed by atoms with Crippen molar-refractivity contribution in [3.63, 3.8) is 0 Å². The van der Waals surface area contributed by atoms with Crippen molar-refractivity contribution in [2.75, 3.05) is 11.4 Å². The Kier molecular flexibility index (Phi) is 2.86. The van der Waals surface area contributed by atoms with Gasteiger partial charge in [0.1, 0.15) is 5.82 Å². The van der Waals surface area contributed by atoms with E-state index in [9.17, 15) is 4.79 Å². The Morgan fingerprint density at radius 2 is 1.90 bits per heavy atom. The summed E-state index contributed by atoms with van der Waals surface area (Å²) in [7, 11) is 0. The van der Waals surface area contributed by atoms with Crippen LogP contribution >= 0.6 is 11.3 Å². The molecule has 0 N–H and O–H groups in total. The van der Waals surface area contributed by atoms with Crippen molar-refractivity contribution in [3.8, 4) is 10.4 Å². The van der Waals surface area contributed by atoms with Gasteiger partial charge in [0.15, 0.2) is 0 Å². The van der Waals surface area contributed by atoms with Gasteiger partial charge in [-0.3, -0.25) is 9.69 Å². The van der Waals surface area contributed by atoms with Crippen LogP contribution in [-0.2, 0) is 6.54 Å². The van der Waals surface area contributed by atoms with Gasteiger partial charge in [0.2, 0.25) is 0 Å². The van der Waals surface area contributed by atoms with Gasteiger partial charge >= 0.3 is 0 Å². The molecule has 0 saturated heterocycles. The summed E-state index contributed by atoms with van der Waals surface area (Å²) in [5.41, 5.74) is 1.15. The first-order valence-electron chi connectivity index (χ1n) is 6.82. The van der Waals surface area contributed by atoms with Gasteiger partial charge in [-0.1, -0.05) is 30.3 Å². The van der Waals surface area contributed by atoms with Gasteiger partial charge in [0, 0.05) is 17.5 Å². The number of hydrogen-bond donors (Lipinski definition) is 0. The molecule has 3 aromatic rings. The van der Waals surface area contributed by atoms with Crippen molar-refractivity contribution in [1.29, 1.82) is 0 Å². The van der Waals surface area contributed by atoms with E-state index in [2.05, 4.69) is 17.2 Å². The number of fused-ring (bicyclic) bond motifs is 1. The molecule has 0 aliphatic carbocycles. The second-order valence-electron chi connectivity index (χ2n) is 4.90. The van der Waals surface area contributed by atoms with E-state index in [1.807, 2.05) is 41.1 Å². The molecule has 4 rings (SSSR count). The standard InChI is InChI=1S/C16H13N3OS/c20-16(18-10-11-19-15(18)8-9-17-19)14-7-6-13(21-14)12-4-2-1-3-5-12/h1-9H,10-11H2. The van der Waals surface area contributed by atoms with Gasteiger partial charge < -0.3 is 0 Å². The first-order chi connectivity index (χ1) is 10.3. The lowest BCUT2D eigenvalue weighted by molar-refractivity contribution is 0.0993.